The van der Waals surface area contributed by atoms with E-state index in [2.05, 4.69) is 27.6 Å². The molecule has 1 aliphatic carbocycles. The van der Waals surface area contributed by atoms with E-state index in [-0.39, 0.29) is 11.8 Å². The molecule has 1 aromatic heterocycles. The Balaban J connectivity index is 1.02. The molecule has 2 aliphatic heterocycles. The molecule has 1 saturated carbocycles. The summed E-state index contributed by atoms with van der Waals surface area (Å²) in [5, 5.41) is 6.18. The minimum atomic E-state index is -1.17. The molecule has 0 radical (unpaired) electrons. The molecule has 4 aromatic rings. The van der Waals surface area contributed by atoms with Gasteiger partial charge in [-0.05, 0) is 87.0 Å². The zero-order valence-corrected chi connectivity index (χ0v) is 25.3. The summed E-state index contributed by atoms with van der Waals surface area (Å²) in [6, 6.07) is 17.8. The number of aromatic nitrogens is 1. The number of carbonyl (C=O) groups excluding carboxylic acids is 3. The van der Waals surface area contributed by atoms with E-state index >= 15 is 0 Å². The number of hydrogen-bond acceptors (Lipinski definition) is 8. The van der Waals surface area contributed by atoms with Gasteiger partial charge in [0.1, 0.15) is 22.7 Å². The number of pyridine rings is 1. The van der Waals surface area contributed by atoms with Crippen molar-refractivity contribution < 1.29 is 33.0 Å². The fourth-order valence-electron chi connectivity index (χ4n) is 6.15. The third-order valence-corrected chi connectivity index (χ3v) is 8.99. The lowest BCUT2D eigenvalue weighted by atomic mass is 10.0. The molecule has 2 atom stereocenters. The predicted molar refractivity (Wildman–Crippen MR) is 168 cm³/mol. The minimum Gasteiger partial charge on any atom is -0.493 e. The number of methoxy groups -OCH3 is 1. The lowest BCUT2D eigenvalue weighted by Gasteiger charge is -2.31. The Kier molecular flexibility index (Phi) is 7.44. The quantitative estimate of drug-likeness (QED) is 0.249. The number of halogens is 1. The van der Waals surface area contributed by atoms with Gasteiger partial charge < -0.3 is 29.7 Å². The van der Waals surface area contributed by atoms with Crippen LogP contribution in [0.5, 0.6) is 23.0 Å². The van der Waals surface area contributed by atoms with Gasteiger partial charge in [0.05, 0.1) is 12.6 Å². The SMILES string of the molecule is COc1cc2c(Oc3ccc(NC(=O)C4(C(=O)Nc5ccc(F)cc5)CC4)cc3)ccnc2cc1OC(=O)N1C[C@H]2C[C@@H]1CN2C. The van der Waals surface area contributed by atoms with Gasteiger partial charge in [0.2, 0.25) is 11.8 Å². The number of fused-ring (bicyclic) bond motifs is 3. The molecule has 3 aliphatic rings. The Hall–Kier alpha value is -5.23. The van der Waals surface area contributed by atoms with Gasteiger partial charge in [-0.2, -0.15) is 0 Å². The molecule has 3 aromatic carbocycles. The average molecular weight is 626 g/mol. The zero-order chi connectivity index (χ0) is 32.0. The van der Waals surface area contributed by atoms with Crippen molar-refractivity contribution >= 4 is 40.2 Å². The van der Waals surface area contributed by atoms with E-state index in [0.29, 0.717) is 65.0 Å². The van der Waals surface area contributed by atoms with Crippen LogP contribution in [-0.4, -0.2) is 72.0 Å². The number of hydrogen-bond donors (Lipinski definition) is 2. The topological polar surface area (TPSA) is 122 Å². The first-order chi connectivity index (χ1) is 22.2. The Labute approximate surface area is 264 Å². The van der Waals surface area contributed by atoms with Gasteiger partial charge >= 0.3 is 6.09 Å². The highest BCUT2D eigenvalue weighted by Gasteiger charge is 2.56. The van der Waals surface area contributed by atoms with Crippen LogP contribution in [0, 0.1) is 11.2 Å². The maximum atomic E-state index is 13.2. The Bertz CT molecular complexity index is 1830. The van der Waals surface area contributed by atoms with Crippen molar-refractivity contribution in [3.63, 3.8) is 0 Å². The van der Waals surface area contributed by atoms with Crippen molar-refractivity contribution in [1.29, 1.82) is 0 Å². The molecule has 46 heavy (non-hydrogen) atoms. The maximum Gasteiger partial charge on any atom is 0.415 e. The first kappa shape index (κ1) is 29.5. The lowest BCUT2D eigenvalue weighted by molar-refractivity contribution is -0.131. The number of carbonyl (C=O) groups is 3. The van der Waals surface area contributed by atoms with Crippen LogP contribution in [0.15, 0.2) is 72.9 Å². The number of nitrogens with zero attached hydrogens (tertiary/aromatic N) is 3. The summed E-state index contributed by atoms with van der Waals surface area (Å²) in [5.74, 6) is 0.415. The van der Waals surface area contributed by atoms with Crippen LogP contribution in [0.1, 0.15) is 19.3 Å². The molecule has 0 unspecified atom stereocenters. The predicted octanol–water partition coefficient (Wildman–Crippen LogP) is 5.42. The van der Waals surface area contributed by atoms with Crippen LogP contribution in [0.2, 0.25) is 0 Å². The van der Waals surface area contributed by atoms with Crippen LogP contribution >= 0.6 is 0 Å². The molecule has 2 bridgehead atoms. The monoisotopic (exact) mass is 625 g/mol. The third kappa shape index (κ3) is 5.56. The fourth-order valence-corrected chi connectivity index (χ4v) is 6.15. The normalized spacial score (nSPS) is 19.5. The fraction of sp³-hybridized carbons (Fsp3) is 0.294. The zero-order valence-electron chi connectivity index (χ0n) is 25.3. The van der Waals surface area contributed by atoms with Gasteiger partial charge in [0.15, 0.2) is 11.5 Å². The van der Waals surface area contributed by atoms with Crippen molar-refractivity contribution in [1.82, 2.24) is 14.8 Å². The van der Waals surface area contributed by atoms with Gasteiger partial charge in [-0.25, -0.2) is 9.18 Å². The molecule has 3 amide bonds. The summed E-state index contributed by atoms with van der Waals surface area (Å²) in [6.07, 6.45) is 2.99. The number of nitrogens with one attached hydrogen (secondary N) is 2. The first-order valence-corrected chi connectivity index (χ1v) is 15.0. The van der Waals surface area contributed by atoms with Crippen molar-refractivity contribution in [3.8, 4) is 23.0 Å². The van der Waals surface area contributed by atoms with Gasteiger partial charge in [-0.1, -0.05) is 0 Å². The highest BCUT2D eigenvalue weighted by Crippen LogP contribution is 2.47. The second-order valence-corrected chi connectivity index (χ2v) is 12.0. The van der Waals surface area contributed by atoms with E-state index in [1.807, 2.05) is 0 Å². The molecule has 2 N–H and O–H groups in total. The number of likely N-dealkylation sites (tertiary alicyclic amines) is 2. The first-order valence-electron chi connectivity index (χ1n) is 15.0. The molecular formula is C34H32FN5O6. The molecule has 11 nitrogen and oxygen atoms in total. The van der Waals surface area contributed by atoms with Crippen LogP contribution in [0.4, 0.5) is 20.6 Å². The van der Waals surface area contributed by atoms with E-state index in [1.54, 1.807) is 53.6 Å². The maximum absolute atomic E-state index is 13.2. The van der Waals surface area contributed by atoms with Crippen molar-refractivity contribution in [2.24, 2.45) is 5.41 Å². The van der Waals surface area contributed by atoms with Gasteiger partial charge in [0, 0.05) is 54.2 Å². The number of anilines is 2. The van der Waals surface area contributed by atoms with E-state index in [9.17, 15) is 18.8 Å². The molecule has 12 heteroatoms. The summed E-state index contributed by atoms with van der Waals surface area (Å²) in [4.78, 5) is 47.4. The Morgan fingerprint density at radius 2 is 1.54 bits per heavy atom. The van der Waals surface area contributed by atoms with Crippen LogP contribution in [0.25, 0.3) is 10.9 Å². The number of benzene rings is 3. The number of piperazine rings is 1. The van der Waals surface area contributed by atoms with Crippen molar-refractivity contribution in [2.75, 3.05) is 37.9 Å². The van der Waals surface area contributed by atoms with E-state index in [1.165, 1.54) is 31.4 Å². The molecule has 7 rings (SSSR count). The molecule has 3 fully saturated rings. The lowest BCUT2D eigenvalue weighted by Crippen LogP contribution is -2.48. The molecule has 2 saturated heterocycles. The smallest absolute Gasteiger partial charge is 0.415 e. The van der Waals surface area contributed by atoms with Gasteiger partial charge in [0.25, 0.3) is 0 Å². The second-order valence-electron chi connectivity index (χ2n) is 12.0. The van der Waals surface area contributed by atoms with Gasteiger partial charge in [-0.3, -0.25) is 19.5 Å². The highest BCUT2D eigenvalue weighted by atomic mass is 19.1. The molecule has 0 spiro atoms. The van der Waals surface area contributed by atoms with E-state index in [0.717, 1.165) is 13.0 Å². The summed E-state index contributed by atoms with van der Waals surface area (Å²) in [5.41, 5.74) is 0.314. The minimum absolute atomic E-state index is 0.147. The third-order valence-electron chi connectivity index (χ3n) is 8.99. The Morgan fingerprint density at radius 1 is 0.870 bits per heavy atom. The molecular weight excluding hydrogens is 593 g/mol. The van der Waals surface area contributed by atoms with Crippen molar-refractivity contribution in [3.05, 3.63) is 78.7 Å². The van der Waals surface area contributed by atoms with Crippen LogP contribution in [-0.2, 0) is 9.59 Å². The summed E-state index contributed by atoms with van der Waals surface area (Å²) in [7, 11) is 3.58. The van der Waals surface area contributed by atoms with E-state index < -0.39 is 29.1 Å². The largest absolute Gasteiger partial charge is 0.493 e. The highest BCUT2D eigenvalue weighted by molar-refractivity contribution is 6.16. The van der Waals surface area contributed by atoms with Crippen LogP contribution in [0.3, 0.4) is 0 Å². The molecule has 3 heterocycles. The number of amides is 3. The number of rotatable bonds is 8. The second kappa shape index (κ2) is 11.6. The van der Waals surface area contributed by atoms with Gasteiger partial charge in [-0.15, -0.1) is 0 Å². The standard InChI is InChI=1S/C34H32FN5O6/c1-39-18-24-15-23(39)19-40(24)33(43)46-30-17-27-26(16-29(30)44-2)28(11-14-36-27)45-25-9-7-22(8-10-25)38-32(42)34(12-13-34)31(41)37-21-5-3-20(35)4-6-21/h3-11,14,16-17,23-24H,12-13,15,18-19H2,1-2H3,(H,37,41)(H,38,42)/t23-,24-/m1/s1. The van der Waals surface area contributed by atoms with E-state index in [4.69, 9.17) is 14.2 Å². The molecule has 236 valence electrons. The number of likely N-dealkylation sites (N-methyl/N-ethyl adjacent to an activating group) is 1. The van der Waals surface area contributed by atoms with Crippen molar-refractivity contribution in [2.45, 2.75) is 31.3 Å². The number of ether oxygens (including phenoxy) is 3. The Morgan fingerprint density at radius 3 is 2.13 bits per heavy atom. The average Bonchev–Trinajstić information content (AvgIpc) is 3.66. The van der Waals surface area contributed by atoms with Crippen LogP contribution < -0.4 is 24.8 Å². The summed E-state index contributed by atoms with van der Waals surface area (Å²) < 4.78 is 30.7. The summed E-state index contributed by atoms with van der Waals surface area (Å²) in [6.45, 7) is 1.48. The summed E-state index contributed by atoms with van der Waals surface area (Å²) >= 11 is 0.